The maximum absolute atomic E-state index is 12.2. The molecule has 20 heavy (non-hydrogen) atoms. The molecule has 0 aliphatic rings. The van der Waals surface area contributed by atoms with Crippen LogP contribution in [0.15, 0.2) is 34.0 Å². The van der Waals surface area contributed by atoms with Gasteiger partial charge in [0, 0.05) is 27.9 Å². The number of nitrogens with one attached hydrogen (secondary N) is 1. The molecule has 0 amide bonds. The van der Waals surface area contributed by atoms with Crippen molar-refractivity contribution in [3.8, 4) is 0 Å². The van der Waals surface area contributed by atoms with Gasteiger partial charge in [0.25, 0.3) is 0 Å². The van der Waals surface area contributed by atoms with Crippen LogP contribution in [0.1, 0.15) is 29.8 Å². The second kappa shape index (κ2) is 6.30. The Morgan fingerprint density at radius 2 is 2.15 bits per heavy atom. The van der Waals surface area contributed by atoms with Crippen molar-refractivity contribution in [1.29, 1.82) is 0 Å². The molecular formula is C12H14BrN3O2S2. The van der Waals surface area contributed by atoms with Gasteiger partial charge in [-0.25, -0.2) is 18.1 Å². The number of nitrogens with zero attached hydrogens (tertiary/aromatic N) is 2. The van der Waals surface area contributed by atoms with E-state index >= 15 is 0 Å². The summed E-state index contributed by atoms with van der Waals surface area (Å²) in [5.41, 5.74) is 0. The molecule has 0 saturated heterocycles. The lowest BCUT2D eigenvalue weighted by atomic mass is 10.4. The molecule has 2 heterocycles. The Kier molecular flexibility index (Phi) is 4.90. The Morgan fingerprint density at radius 3 is 2.75 bits per heavy atom. The highest BCUT2D eigenvalue weighted by atomic mass is 79.9. The van der Waals surface area contributed by atoms with Gasteiger partial charge in [0.2, 0.25) is 10.0 Å². The maximum Gasteiger partial charge on any atom is 0.242 e. The van der Waals surface area contributed by atoms with Crippen LogP contribution in [0.2, 0.25) is 0 Å². The molecule has 2 rings (SSSR count). The molecule has 1 unspecified atom stereocenters. The van der Waals surface area contributed by atoms with E-state index in [0.717, 1.165) is 16.3 Å². The van der Waals surface area contributed by atoms with E-state index in [1.54, 1.807) is 13.1 Å². The minimum atomic E-state index is -3.60. The molecule has 2 aromatic rings. The molecule has 0 spiro atoms. The molecule has 5 nitrogen and oxygen atoms in total. The highest BCUT2D eigenvalue weighted by molar-refractivity contribution is 9.10. The van der Waals surface area contributed by atoms with E-state index < -0.39 is 10.0 Å². The lowest BCUT2D eigenvalue weighted by Crippen LogP contribution is -2.26. The van der Waals surface area contributed by atoms with Crippen molar-refractivity contribution < 1.29 is 8.42 Å². The number of aryl methyl sites for hydroxylation is 1. The summed E-state index contributed by atoms with van der Waals surface area (Å²) in [5.74, 6) is 0. The molecule has 2 aromatic heterocycles. The van der Waals surface area contributed by atoms with Crippen molar-refractivity contribution >= 4 is 37.3 Å². The molecule has 1 N–H and O–H groups in total. The third-order valence-corrected chi connectivity index (χ3v) is 5.88. The van der Waals surface area contributed by atoms with Crippen molar-refractivity contribution in [3.05, 3.63) is 39.0 Å². The first-order valence-corrected chi connectivity index (χ1v) is 9.09. The summed E-state index contributed by atoms with van der Waals surface area (Å²) in [6, 6.07) is 1.14. The van der Waals surface area contributed by atoms with Crippen LogP contribution in [0, 0.1) is 0 Å². The molecular weight excluding hydrogens is 362 g/mol. The fourth-order valence-electron chi connectivity index (χ4n) is 1.58. The second-order valence-electron chi connectivity index (χ2n) is 4.20. The van der Waals surface area contributed by atoms with Crippen LogP contribution < -0.4 is 4.72 Å². The van der Waals surface area contributed by atoms with E-state index in [-0.39, 0.29) is 10.9 Å². The number of hydrogen-bond acceptors (Lipinski definition) is 5. The minimum Gasteiger partial charge on any atom is -0.262 e. The van der Waals surface area contributed by atoms with E-state index in [1.807, 2.05) is 6.92 Å². The van der Waals surface area contributed by atoms with Crippen molar-refractivity contribution in [1.82, 2.24) is 14.7 Å². The molecule has 0 fully saturated rings. The van der Waals surface area contributed by atoms with Crippen LogP contribution in [0.25, 0.3) is 0 Å². The number of pyridine rings is 1. The smallest absolute Gasteiger partial charge is 0.242 e. The molecule has 0 radical (unpaired) electrons. The number of aromatic nitrogens is 2. The summed E-state index contributed by atoms with van der Waals surface area (Å²) in [6.07, 6.45) is 5.54. The number of thiazole rings is 1. The van der Waals surface area contributed by atoms with E-state index in [4.69, 9.17) is 0 Å². The molecule has 0 aliphatic heterocycles. The van der Waals surface area contributed by atoms with E-state index in [1.165, 1.54) is 29.8 Å². The van der Waals surface area contributed by atoms with Gasteiger partial charge in [0.05, 0.1) is 6.04 Å². The van der Waals surface area contributed by atoms with Gasteiger partial charge >= 0.3 is 0 Å². The van der Waals surface area contributed by atoms with Crippen LogP contribution in [0.5, 0.6) is 0 Å². The van der Waals surface area contributed by atoms with Crippen LogP contribution in [-0.4, -0.2) is 18.4 Å². The summed E-state index contributed by atoms with van der Waals surface area (Å²) in [4.78, 5) is 9.38. The third kappa shape index (κ3) is 3.63. The lowest BCUT2D eigenvalue weighted by molar-refractivity contribution is 0.566. The van der Waals surface area contributed by atoms with Crippen LogP contribution >= 0.6 is 27.3 Å². The van der Waals surface area contributed by atoms with E-state index in [0.29, 0.717) is 4.47 Å². The zero-order valence-corrected chi connectivity index (χ0v) is 14.2. The summed E-state index contributed by atoms with van der Waals surface area (Å²) < 4.78 is 27.7. The van der Waals surface area contributed by atoms with Gasteiger partial charge in [-0.1, -0.05) is 6.92 Å². The second-order valence-corrected chi connectivity index (χ2v) is 7.98. The predicted octanol–water partition coefficient (Wildman–Crippen LogP) is 2.90. The van der Waals surface area contributed by atoms with Crippen molar-refractivity contribution in [2.24, 2.45) is 0 Å². The fourth-order valence-corrected chi connectivity index (χ4v) is 4.22. The Labute approximate surface area is 130 Å². The Hall–Kier alpha value is -0.830. The number of halogens is 1. The first kappa shape index (κ1) is 15.6. The number of hydrogen-bond donors (Lipinski definition) is 1. The average molecular weight is 376 g/mol. The summed E-state index contributed by atoms with van der Waals surface area (Å²) in [6.45, 7) is 3.82. The molecule has 0 saturated carbocycles. The highest BCUT2D eigenvalue weighted by Crippen LogP contribution is 2.22. The first-order chi connectivity index (χ1) is 9.42. The van der Waals surface area contributed by atoms with Gasteiger partial charge in [-0.3, -0.25) is 4.98 Å². The van der Waals surface area contributed by atoms with Gasteiger partial charge in [-0.2, -0.15) is 0 Å². The van der Waals surface area contributed by atoms with Crippen LogP contribution in [0.3, 0.4) is 0 Å². The highest BCUT2D eigenvalue weighted by Gasteiger charge is 2.20. The largest absolute Gasteiger partial charge is 0.262 e. The maximum atomic E-state index is 12.2. The van der Waals surface area contributed by atoms with E-state index in [9.17, 15) is 8.42 Å². The molecule has 1 atom stereocenters. The van der Waals surface area contributed by atoms with E-state index in [2.05, 4.69) is 30.6 Å². The quantitative estimate of drug-likeness (QED) is 0.871. The monoisotopic (exact) mass is 375 g/mol. The molecule has 0 aromatic carbocycles. The SMILES string of the molecule is CCc1cnc(C(C)NS(=O)(=O)c2cncc(Br)c2)s1. The van der Waals surface area contributed by atoms with Crippen LogP contribution in [0.4, 0.5) is 0 Å². The standard InChI is InChI=1S/C12H14BrN3O2S2/c1-3-10-6-15-12(19-10)8(2)16-20(17,18)11-4-9(13)5-14-7-11/h4-8,16H,3H2,1-2H3. The summed E-state index contributed by atoms with van der Waals surface area (Å²) >= 11 is 4.73. The molecule has 0 aliphatic carbocycles. The van der Waals surface area contributed by atoms with Gasteiger partial charge in [-0.15, -0.1) is 11.3 Å². The number of sulfonamides is 1. The van der Waals surface area contributed by atoms with Crippen molar-refractivity contribution in [2.75, 3.05) is 0 Å². The topological polar surface area (TPSA) is 72.0 Å². The average Bonchev–Trinajstić information content (AvgIpc) is 2.87. The Balaban J connectivity index is 2.19. The lowest BCUT2D eigenvalue weighted by Gasteiger charge is -2.11. The Bertz CT molecular complexity index is 700. The molecule has 108 valence electrons. The number of rotatable bonds is 5. The Morgan fingerprint density at radius 1 is 1.40 bits per heavy atom. The zero-order chi connectivity index (χ0) is 14.8. The van der Waals surface area contributed by atoms with Gasteiger partial charge in [-0.05, 0) is 35.3 Å². The minimum absolute atomic E-state index is 0.131. The zero-order valence-electron chi connectivity index (χ0n) is 11.0. The van der Waals surface area contributed by atoms with Crippen LogP contribution in [-0.2, 0) is 16.4 Å². The molecule has 0 bridgehead atoms. The summed E-state index contributed by atoms with van der Waals surface area (Å²) in [5, 5.41) is 0.758. The van der Waals surface area contributed by atoms with Gasteiger partial charge in [0.1, 0.15) is 9.90 Å². The molecule has 8 heteroatoms. The fraction of sp³-hybridized carbons (Fsp3) is 0.333. The normalized spacial score (nSPS) is 13.3. The van der Waals surface area contributed by atoms with Crippen molar-refractivity contribution in [2.45, 2.75) is 31.2 Å². The van der Waals surface area contributed by atoms with Crippen molar-refractivity contribution in [3.63, 3.8) is 0 Å². The van der Waals surface area contributed by atoms with Gasteiger partial charge < -0.3 is 0 Å². The summed E-state index contributed by atoms with van der Waals surface area (Å²) in [7, 11) is -3.60. The predicted molar refractivity (Wildman–Crippen MR) is 82.2 cm³/mol. The van der Waals surface area contributed by atoms with Gasteiger partial charge in [0.15, 0.2) is 0 Å². The first-order valence-electron chi connectivity index (χ1n) is 6.00. The third-order valence-electron chi connectivity index (χ3n) is 2.61.